The van der Waals surface area contributed by atoms with Crippen LogP contribution in [0.4, 0.5) is 4.79 Å². The molecule has 4 aliphatic heterocycles. The Morgan fingerprint density at radius 1 is 0.808 bits per heavy atom. The van der Waals surface area contributed by atoms with Gasteiger partial charge in [-0.1, -0.05) is 0 Å². The Morgan fingerprint density at radius 2 is 1.23 bits per heavy atom. The van der Waals surface area contributed by atoms with Gasteiger partial charge in [-0.15, -0.1) is 0 Å². The Balaban J connectivity index is 1.18. The number of carbonyl (C=O) groups is 1. The van der Waals surface area contributed by atoms with Crippen molar-refractivity contribution < 1.29 is 9.53 Å². The van der Waals surface area contributed by atoms with E-state index in [2.05, 4.69) is 21.7 Å². The third-order valence-corrected chi connectivity index (χ3v) is 6.69. The zero-order chi connectivity index (χ0) is 18.5. The van der Waals surface area contributed by atoms with Crippen LogP contribution in [0.2, 0.25) is 0 Å². The van der Waals surface area contributed by atoms with E-state index in [1.165, 1.54) is 39.3 Å². The van der Waals surface area contributed by atoms with Crippen LogP contribution in [0.1, 0.15) is 20.8 Å². The second kappa shape index (κ2) is 6.95. The van der Waals surface area contributed by atoms with E-state index in [9.17, 15) is 4.79 Å². The monoisotopic (exact) mass is 364 g/mol. The smallest absolute Gasteiger partial charge is 0.410 e. The van der Waals surface area contributed by atoms with Crippen molar-refractivity contribution in [2.75, 3.05) is 72.5 Å². The number of ether oxygens (including phenoxy) is 1. The zero-order valence-electron chi connectivity index (χ0n) is 17.0. The second-order valence-electron chi connectivity index (χ2n) is 10.2. The van der Waals surface area contributed by atoms with Crippen LogP contribution in [-0.4, -0.2) is 104 Å². The third-order valence-electron chi connectivity index (χ3n) is 6.69. The minimum absolute atomic E-state index is 0.132. The van der Waals surface area contributed by atoms with Gasteiger partial charge in [-0.2, -0.15) is 0 Å². The van der Waals surface area contributed by atoms with Crippen molar-refractivity contribution in [3.05, 3.63) is 0 Å². The molecule has 4 saturated heterocycles. The SMILES string of the molecule is CN1CC2CN(CCN3CC4CN(C(=O)OC(C)(C)C)CC4C3)CC2C1. The highest BCUT2D eigenvalue weighted by Crippen LogP contribution is 2.33. The van der Waals surface area contributed by atoms with Crippen molar-refractivity contribution in [3.63, 3.8) is 0 Å². The van der Waals surface area contributed by atoms with Crippen LogP contribution in [0, 0.1) is 23.7 Å². The summed E-state index contributed by atoms with van der Waals surface area (Å²) < 4.78 is 5.54. The highest BCUT2D eigenvalue weighted by atomic mass is 16.6. The molecule has 4 atom stereocenters. The Labute approximate surface area is 158 Å². The molecule has 6 heteroatoms. The molecule has 148 valence electrons. The first kappa shape index (κ1) is 18.5. The van der Waals surface area contributed by atoms with Crippen LogP contribution in [0.5, 0.6) is 0 Å². The number of carbonyl (C=O) groups excluding carboxylic acids is 1. The maximum absolute atomic E-state index is 12.3. The number of nitrogens with zero attached hydrogens (tertiary/aromatic N) is 4. The van der Waals surface area contributed by atoms with Crippen LogP contribution < -0.4 is 0 Å². The summed E-state index contributed by atoms with van der Waals surface area (Å²) in [5.74, 6) is 3.07. The molecule has 0 saturated carbocycles. The Bertz CT molecular complexity index is 506. The normalized spacial score (nSPS) is 35.9. The van der Waals surface area contributed by atoms with Crippen LogP contribution in [-0.2, 0) is 4.74 Å². The molecule has 6 nitrogen and oxygen atoms in total. The molecule has 0 bridgehead atoms. The van der Waals surface area contributed by atoms with E-state index < -0.39 is 5.60 Å². The van der Waals surface area contributed by atoms with Gasteiger partial charge in [-0.25, -0.2) is 4.79 Å². The predicted molar refractivity (Wildman–Crippen MR) is 102 cm³/mol. The first-order valence-electron chi connectivity index (χ1n) is 10.4. The molecule has 0 aromatic rings. The van der Waals surface area contributed by atoms with Crippen molar-refractivity contribution in [1.82, 2.24) is 19.6 Å². The Hall–Kier alpha value is -0.850. The zero-order valence-corrected chi connectivity index (χ0v) is 17.0. The Kier molecular flexibility index (Phi) is 4.95. The molecule has 26 heavy (non-hydrogen) atoms. The van der Waals surface area contributed by atoms with E-state index in [1.807, 2.05) is 25.7 Å². The second-order valence-corrected chi connectivity index (χ2v) is 10.2. The number of likely N-dealkylation sites (tertiary alicyclic amines) is 4. The summed E-state index contributed by atoms with van der Waals surface area (Å²) in [7, 11) is 2.26. The van der Waals surface area contributed by atoms with Gasteiger partial charge in [0.1, 0.15) is 5.60 Å². The van der Waals surface area contributed by atoms with Gasteiger partial charge in [0, 0.05) is 65.4 Å². The predicted octanol–water partition coefficient (Wildman–Crippen LogP) is 1.28. The molecule has 4 unspecified atom stereocenters. The van der Waals surface area contributed by atoms with Crippen LogP contribution in [0.25, 0.3) is 0 Å². The first-order chi connectivity index (χ1) is 12.3. The van der Waals surface area contributed by atoms with E-state index in [0.29, 0.717) is 11.8 Å². The van der Waals surface area contributed by atoms with Crippen molar-refractivity contribution in [2.45, 2.75) is 26.4 Å². The molecular formula is C20H36N4O2. The van der Waals surface area contributed by atoms with Crippen LogP contribution in [0.3, 0.4) is 0 Å². The highest BCUT2D eigenvalue weighted by Gasteiger charge is 2.43. The molecule has 4 rings (SSSR count). The van der Waals surface area contributed by atoms with Gasteiger partial charge in [0.05, 0.1) is 0 Å². The topological polar surface area (TPSA) is 39.3 Å². The van der Waals surface area contributed by atoms with Crippen molar-refractivity contribution in [3.8, 4) is 0 Å². The van der Waals surface area contributed by atoms with E-state index in [0.717, 1.165) is 38.0 Å². The summed E-state index contributed by atoms with van der Waals surface area (Å²) >= 11 is 0. The van der Waals surface area contributed by atoms with Gasteiger partial charge in [0.2, 0.25) is 0 Å². The van der Waals surface area contributed by atoms with Gasteiger partial charge in [0.15, 0.2) is 0 Å². The minimum atomic E-state index is -0.399. The lowest BCUT2D eigenvalue weighted by atomic mass is 10.0. The van der Waals surface area contributed by atoms with Gasteiger partial charge in [-0.05, 0) is 51.5 Å². The molecule has 1 amide bonds. The van der Waals surface area contributed by atoms with Gasteiger partial charge >= 0.3 is 6.09 Å². The van der Waals surface area contributed by atoms with Crippen LogP contribution in [0.15, 0.2) is 0 Å². The largest absolute Gasteiger partial charge is 0.444 e. The molecule has 0 aromatic carbocycles. The summed E-state index contributed by atoms with van der Waals surface area (Å²) in [4.78, 5) is 22.0. The summed E-state index contributed by atoms with van der Waals surface area (Å²) in [6.45, 7) is 17.4. The molecule has 4 aliphatic rings. The molecule has 0 spiro atoms. The maximum Gasteiger partial charge on any atom is 0.410 e. The fraction of sp³-hybridized carbons (Fsp3) is 0.950. The quantitative estimate of drug-likeness (QED) is 0.754. The fourth-order valence-electron chi connectivity index (χ4n) is 5.54. The lowest BCUT2D eigenvalue weighted by Gasteiger charge is -2.26. The summed E-state index contributed by atoms with van der Waals surface area (Å²) in [6, 6.07) is 0. The molecule has 0 aliphatic carbocycles. The van der Waals surface area contributed by atoms with Crippen LogP contribution >= 0.6 is 0 Å². The average Bonchev–Trinajstić information content (AvgIpc) is 3.20. The molecule has 4 fully saturated rings. The summed E-state index contributed by atoms with van der Waals surface area (Å²) in [6.07, 6.45) is -0.132. The molecule has 4 heterocycles. The van der Waals surface area contributed by atoms with E-state index in [4.69, 9.17) is 4.74 Å². The van der Waals surface area contributed by atoms with Crippen molar-refractivity contribution in [1.29, 1.82) is 0 Å². The van der Waals surface area contributed by atoms with Gasteiger partial charge in [-0.3, -0.25) is 0 Å². The number of hydrogen-bond donors (Lipinski definition) is 0. The third kappa shape index (κ3) is 4.02. The number of hydrogen-bond acceptors (Lipinski definition) is 5. The lowest BCUT2D eigenvalue weighted by molar-refractivity contribution is 0.0274. The Morgan fingerprint density at radius 3 is 1.65 bits per heavy atom. The molecule has 0 aromatic heterocycles. The van der Waals surface area contributed by atoms with Gasteiger partial charge in [0.25, 0.3) is 0 Å². The average molecular weight is 365 g/mol. The highest BCUT2D eigenvalue weighted by molar-refractivity contribution is 5.68. The van der Waals surface area contributed by atoms with Crippen molar-refractivity contribution >= 4 is 6.09 Å². The number of amides is 1. The molecule has 0 N–H and O–H groups in total. The maximum atomic E-state index is 12.3. The fourth-order valence-corrected chi connectivity index (χ4v) is 5.54. The number of fused-ring (bicyclic) bond motifs is 2. The minimum Gasteiger partial charge on any atom is -0.444 e. The summed E-state index contributed by atoms with van der Waals surface area (Å²) in [5, 5.41) is 0. The molecular weight excluding hydrogens is 328 g/mol. The van der Waals surface area contributed by atoms with Gasteiger partial charge < -0.3 is 24.3 Å². The number of rotatable bonds is 3. The summed E-state index contributed by atoms with van der Waals surface area (Å²) in [5.41, 5.74) is -0.399. The standard InChI is InChI=1S/C20H36N4O2/c1-20(2,3)26-19(25)24-13-17-11-23(12-18(17)14-24)6-5-22-9-15-7-21(4)8-16(15)10-22/h15-18H,5-14H2,1-4H3. The lowest BCUT2D eigenvalue weighted by Crippen LogP contribution is -2.39. The van der Waals surface area contributed by atoms with E-state index >= 15 is 0 Å². The van der Waals surface area contributed by atoms with E-state index in [1.54, 1.807) is 0 Å². The first-order valence-corrected chi connectivity index (χ1v) is 10.4. The molecule has 0 radical (unpaired) electrons. The van der Waals surface area contributed by atoms with E-state index in [-0.39, 0.29) is 6.09 Å². The van der Waals surface area contributed by atoms with Crippen molar-refractivity contribution in [2.24, 2.45) is 23.7 Å².